The number of hydrogen-bond acceptors (Lipinski definition) is 6. The van der Waals surface area contributed by atoms with Crippen molar-refractivity contribution in [2.24, 2.45) is 0 Å². The zero-order valence-corrected chi connectivity index (χ0v) is 11.1. The first kappa shape index (κ1) is 14.3. The van der Waals surface area contributed by atoms with Crippen LogP contribution in [0.1, 0.15) is 10.4 Å². The van der Waals surface area contributed by atoms with Gasteiger partial charge in [-0.1, -0.05) is 18.2 Å². The van der Waals surface area contributed by atoms with Gasteiger partial charge in [-0.2, -0.15) is 0 Å². The molecule has 0 saturated heterocycles. The second-order valence-corrected chi connectivity index (χ2v) is 4.07. The number of carbonyl (C=O) groups is 1. The molecule has 0 aromatic heterocycles. The van der Waals surface area contributed by atoms with Gasteiger partial charge < -0.3 is 15.2 Å². The molecule has 0 aliphatic heterocycles. The molecule has 0 amide bonds. The molecule has 0 heterocycles. The minimum absolute atomic E-state index is 0.0180. The molecule has 0 aliphatic carbocycles. The van der Waals surface area contributed by atoms with Crippen LogP contribution in [0.5, 0.6) is 11.5 Å². The van der Waals surface area contributed by atoms with Crippen LogP contribution in [0.25, 0.3) is 0 Å². The third-order valence-electron chi connectivity index (χ3n) is 2.72. The number of hydrogen-bond donors (Lipinski definition) is 1. The zero-order valence-electron chi connectivity index (χ0n) is 11.1. The SMILES string of the molecule is COc1cc([N+](=O)[O-])c(N)cc1C(=O)Oc1ccccc1. The van der Waals surface area contributed by atoms with Crippen LogP contribution in [0.4, 0.5) is 11.4 Å². The molecule has 7 heteroatoms. The second-order valence-electron chi connectivity index (χ2n) is 4.07. The second kappa shape index (κ2) is 5.91. The normalized spacial score (nSPS) is 9.95. The molecule has 7 nitrogen and oxygen atoms in total. The summed E-state index contributed by atoms with van der Waals surface area (Å²) >= 11 is 0. The molecule has 0 atom stereocenters. The summed E-state index contributed by atoms with van der Waals surface area (Å²) < 4.78 is 10.1. The molecule has 2 rings (SSSR count). The van der Waals surface area contributed by atoms with Crippen LogP contribution in [-0.2, 0) is 0 Å². The predicted octanol–water partition coefficient (Wildman–Crippen LogP) is 2.40. The number of nitrogen functional groups attached to an aromatic ring is 1. The highest BCUT2D eigenvalue weighted by Crippen LogP contribution is 2.31. The van der Waals surface area contributed by atoms with Gasteiger partial charge in [0.2, 0.25) is 0 Å². The Morgan fingerprint density at radius 2 is 1.90 bits per heavy atom. The van der Waals surface area contributed by atoms with Gasteiger partial charge in [-0.15, -0.1) is 0 Å². The fraction of sp³-hybridized carbons (Fsp3) is 0.0714. The van der Waals surface area contributed by atoms with Crippen LogP contribution < -0.4 is 15.2 Å². The Morgan fingerprint density at radius 3 is 2.48 bits per heavy atom. The van der Waals surface area contributed by atoms with Crippen molar-refractivity contribution < 1.29 is 19.2 Å². The van der Waals surface area contributed by atoms with Gasteiger partial charge >= 0.3 is 5.97 Å². The molecule has 0 radical (unpaired) electrons. The van der Waals surface area contributed by atoms with Gasteiger partial charge in [0.15, 0.2) is 0 Å². The number of benzene rings is 2. The maximum atomic E-state index is 12.1. The standard InChI is InChI=1S/C14H12N2O5/c1-20-13-8-12(16(18)19)11(15)7-10(13)14(17)21-9-5-3-2-4-6-9/h2-8H,15H2,1H3. The number of nitro groups is 1. The number of carbonyl (C=O) groups excluding carboxylic acids is 1. The van der Waals surface area contributed by atoms with Crippen LogP contribution in [0.3, 0.4) is 0 Å². The molecule has 0 aliphatic rings. The van der Waals surface area contributed by atoms with Crippen LogP contribution in [0, 0.1) is 10.1 Å². The van der Waals surface area contributed by atoms with E-state index >= 15 is 0 Å². The van der Waals surface area contributed by atoms with Crippen LogP contribution in [0.2, 0.25) is 0 Å². The van der Waals surface area contributed by atoms with Gasteiger partial charge in [0.25, 0.3) is 5.69 Å². The van der Waals surface area contributed by atoms with Gasteiger partial charge in [0, 0.05) is 0 Å². The molecule has 2 aromatic carbocycles. The fourth-order valence-electron chi connectivity index (χ4n) is 1.72. The van der Waals surface area contributed by atoms with Crippen molar-refractivity contribution in [3.05, 3.63) is 58.1 Å². The summed E-state index contributed by atoms with van der Waals surface area (Å²) in [6.45, 7) is 0. The molecule has 0 spiro atoms. The number of nitrogens with zero attached hydrogens (tertiary/aromatic N) is 1. The highest BCUT2D eigenvalue weighted by molar-refractivity contribution is 5.96. The molecule has 0 unspecified atom stereocenters. The summed E-state index contributed by atoms with van der Waals surface area (Å²) in [6, 6.07) is 10.7. The number of ether oxygens (including phenoxy) is 2. The average Bonchev–Trinajstić information content (AvgIpc) is 2.47. The van der Waals surface area contributed by atoms with E-state index in [0.717, 1.165) is 6.07 Å². The largest absolute Gasteiger partial charge is 0.496 e. The van der Waals surface area contributed by atoms with E-state index in [-0.39, 0.29) is 22.7 Å². The molecule has 0 fully saturated rings. The lowest BCUT2D eigenvalue weighted by atomic mass is 10.1. The molecule has 21 heavy (non-hydrogen) atoms. The number of nitrogens with two attached hydrogens (primary N) is 1. The summed E-state index contributed by atoms with van der Waals surface area (Å²) in [5.74, 6) is -0.335. The monoisotopic (exact) mass is 288 g/mol. The quantitative estimate of drug-likeness (QED) is 0.304. The smallest absolute Gasteiger partial charge is 0.347 e. The number of anilines is 1. The average molecular weight is 288 g/mol. The summed E-state index contributed by atoms with van der Waals surface area (Å²) in [4.78, 5) is 22.3. The summed E-state index contributed by atoms with van der Waals surface area (Å²) in [7, 11) is 1.30. The van der Waals surface area contributed by atoms with E-state index in [0.29, 0.717) is 5.75 Å². The van der Waals surface area contributed by atoms with Crippen molar-refractivity contribution in [1.82, 2.24) is 0 Å². The number of methoxy groups -OCH3 is 1. The maximum Gasteiger partial charge on any atom is 0.347 e. The summed E-state index contributed by atoms with van der Waals surface area (Å²) in [6.07, 6.45) is 0. The van der Waals surface area contributed by atoms with E-state index in [1.165, 1.54) is 13.2 Å². The lowest BCUT2D eigenvalue weighted by Gasteiger charge is -2.09. The van der Waals surface area contributed by atoms with Crippen LogP contribution >= 0.6 is 0 Å². The first-order chi connectivity index (χ1) is 10.0. The van der Waals surface area contributed by atoms with Crippen molar-refractivity contribution in [3.8, 4) is 11.5 Å². The Morgan fingerprint density at radius 1 is 1.24 bits per heavy atom. The van der Waals surface area contributed by atoms with Gasteiger partial charge in [-0.25, -0.2) is 4.79 Å². The van der Waals surface area contributed by atoms with Gasteiger partial charge in [-0.3, -0.25) is 10.1 Å². The number of nitro benzene ring substituents is 1. The lowest BCUT2D eigenvalue weighted by Crippen LogP contribution is -2.11. The van der Waals surface area contributed by atoms with Crippen molar-refractivity contribution >= 4 is 17.3 Å². The number of rotatable bonds is 4. The van der Waals surface area contributed by atoms with Gasteiger partial charge in [0.05, 0.1) is 18.1 Å². The molecule has 108 valence electrons. The van der Waals surface area contributed by atoms with Crippen molar-refractivity contribution in [3.63, 3.8) is 0 Å². The third-order valence-corrected chi connectivity index (χ3v) is 2.72. The highest BCUT2D eigenvalue weighted by atomic mass is 16.6. The lowest BCUT2D eigenvalue weighted by molar-refractivity contribution is -0.384. The Kier molecular flexibility index (Phi) is 4.03. The first-order valence-electron chi connectivity index (χ1n) is 5.92. The van der Waals surface area contributed by atoms with Gasteiger partial charge in [-0.05, 0) is 18.2 Å². The minimum Gasteiger partial charge on any atom is -0.496 e. The topological polar surface area (TPSA) is 105 Å². The summed E-state index contributed by atoms with van der Waals surface area (Å²) in [5.41, 5.74) is 5.12. The van der Waals surface area contributed by atoms with Crippen molar-refractivity contribution in [2.45, 2.75) is 0 Å². The van der Waals surface area contributed by atoms with E-state index in [1.54, 1.807) is 30.3 Å². The molecule has 0 bridgehead atoms. The first-order valence-corrected chi connectivity index (χ1v) is 5.92. The van der Waals surface area contributed by atoms with Crippen molar-refractivity contribution in [1.29, 1.82) is 0 Å². The Labute approximate surface area is 120 Å². The van der Waals surface area contributed by atoms with E-state index in [4.69, 9.17) is 15.2 Å². The van der Waals surface area contributed by atoms with E-state index < -0.39 is 10.9 Å². The summed E-state index contributed by atoms with van der Waals surface area (Å²) in [5, 5.41) is 10.8. The van der Waals surface area contributed by atoms with Gasteiger partial charge in [0.1, 0.15) is 22.7 Å². The number of esters is 1. The Hall–Kier alpha value is -3.09. The van der Waals surface area contributed by atoms with E-state index in [1.807, 2.05) is 0 Å². The van der Waals surface area contributed by atoms with E-state index in [9.17, 15) is 14.9 Å². The van der Waals surface area contributed by atoms with Crippen molar-refractivity contribution in [2.75, 3.05) is 12.8 Å². The minimum atomic E-state index is -0.709. The molecule has 2 aromatic rings. The Bertz CT molecular complexity index is 685. The third kappa shape index (κ3) is 3.08. The molecular formula is C14H12N2O5. The van der Waals surface area contributed by atoms with Crippen LogP contribution in [-0.4, -0.2) is 18.0 Å². The van der Waals surface area contributed by atoms with Crippen LogP contribution in [0.15, 0.2) is 42.5 Å². The molecular weight excluding hydrogens is 276 g/mol. The number of para-hydroxylation sites is 1. The molecule has 2 N–H and O–H groups in total. The Balaban J connectivity index is 2.37. The van der Waals surface area contributed by atoms with E-state index in [2.05, 4.69) is 0 Å². The molecule has 0 saturated carbocycles. The predicted molar refractivity (Wildman–Crippen MR) is 75.5 cm³/mol. The fourth-order valence-corrected chi connectivity index (χ4v) is 1.72. The highest BCUT2D eigenvalue weighted by Gasteiger charge is 2.22. The maximum absolute atomic E-state index is 12.1. The zero-order chi connectivity index (χ0) is 15.4.